The number of hydrogen-bond donors (Lipinski definition) is 2. The van der Waals surface area contributed by atoms with E-state index in [2.05, 4.69) is 46.2 Å². The van der Waals surface area contributed by atoms with Crippen molar-refractivity contribution in [2.24, 2.45) is 4.99 Å². The van der Waals surface area contributed by atoms with Gasteiger partial charge in [-0.25, -0.2) is 9.79 Å². The smallest absolute Gasteiger partial charge is 0.384 e. The van der Waals surface area contributed by atoms with Crippen LogP contribution in [0.3, 0.4) is 0 Å². The van der Waals surface area contributed by atoms with Crippen LogP contribution < -0.4 is 5.76 Å². The predicted molar refractivity (Wildman–Crippen MR) is 149 cm³/mol. The molecule has 0 radical (unpaired) electrons. The van der Waals surface area contributed by atoms with Crippen molar-refractivity contribution in [1.82, 2.24) is 15.0 Å². The van der Waals surface area contributed by atoms with Crippen LogP contribution in [0.5, 0.6) is 0 Å². The lowest BCUT2D eigenvalue weighted by Gasteiger charge is -2.33. The number of nitrogens with one attached hydrogen (secondary N) is 1. The molecule has 7 heteroatoms. The van der Waals surface area contributed by atoms with Crippen LogP contribution in [0.15, 0.2) is 104 Å². The SMILES string of the molecule is CCCCC1=NC(C)=C(C(O)c2ccccc2)CN1Cc1ccc(-c2ccccc2-c2noc(=O)[nH]2)cc1. The van der Waals surface area contributed by atoms with Crippen LogP contribution in [0.4, 0.5) is 0 Å². The molecule has 0 saturated carbocycles. The zero-order chi connectivity index (χ0) is 26.5. The van der Waals surface area contributed by atoms with Gasteiger partial charge in [-0.05, 0) is 35.6 Å². The Balaban J connectivity index is 1.39. The van der Waals surface area contributed by atoms with Crippen LogP contribution in [-0.2, 0) is 6.54 Å². The molecule has 1 aliphatic heterocycles. The van der Waals surface area contributed by atoms with Crippen LogP contribution in [0.1, 0.15) is 50.3 Å². The van der Waals surface area contributed by atoms with E-state index in [1.54, 1.807) is 0 Å². The molecule has 1 aromatic heterocycles. The Morgan fingerprint density at radius 2 is 1.71 bits per heavy atom. The fraction of sp³-hybridized carbons (Fsp3) is 0.258. The van der Waals surface area contributed by atoms with Gasteiger partial charge in [0.05, 0.1) is 0 Å². The topological polar surface area (TPSA) is 94.7 Å². The van der Waals surface area contributed by atoms with Crippen molar-refractivity contribution < 1.29 is 9.63 Å². The van der Waals surface area contributed by atoms with Gasteiger partial charge in [0.25, 0.3) is 0 Å². The van der Waals surface area contributed by atoms with Crippen molar-refractivity contribution in [2.45, 2.75) is 45.8 Å². The highest BCUT2D eigenvalue weighted by Crippen LogP contribution is 2.32. The summed E-state index contributed by atoms with van der Waals surface area (Å²) in [6.45, 7) is 5.51. The number of aliphatic imine (C=N–C) groups is 1. The lowest BCUT2D eigenvalue weighted by Crippen LogP contribution is -2.36. The maximum absolute atomic E-state index is 11.5. The number of aliphatic hydroxyl groups is 1. The number of unbranched alkanes of at least 4 members (excludes halogenated alkanes) is 1. The summed E-state index contributed by atoms with van der Waals surface area (Å²) in [5.74, 6) is 0.900. The summed E-state index contributed by atoms with van der Waals surface area (Å²) in [6.07, 6.45) is 2.39. The second-order valence-corrected chi connectivity index (χ2v) is 9.60. The molecule has 0 spiro atoms. The molecule has 1 atom stereocenters. The standard InChI is InChI=1S/C31H32N4O3/c1-3-4-14-28-32-21(2)27(29(36)24-10-6-5-7-11-24)20-35(28)19-22-15-17-23(18-16-22)25-12-8-9-13-26(25)30-33-31(37)38-34-30/h5-13,15-18,29,36H,3-4,14,19-20H2,1-2H3,(H,33,34,37). The number of aromatic amines is 1. The van der Waals surface area contributed by atoms with Crippen LogP contribution >= 0.6 is 0 Å². The van der Waals surface area contributed by atoms with E-state index in [9.17, 15) is 9.90 Å². The second-order valence-electron chi connectivity index (χ2n) is 9.60. The minimum Gasteiger partial charge on any atom is -0.384 e. The Kier molecular flexibility index (Phi) is 7.65. The van der Waals surface area contributed by atoms with Crippen molar-refractivity contribution in [1.29, 1.82) is 0 Å². The Labute approximate surface area is 222 Å². The molecule has 1 unspecified atom stereocenters. The van der Waals surface area contributed by atoms with E-state index in [-0.39, 0.29) is 0 Å². The summed E-state index contributed by atoms with van der Waals surface area (Å²) >= 11 is 0. The molecular weight excluding hydrogens is 476 g/mol. The summed E-state index contributed by atoms with van der Waals surface area (Å²) in [5.41, 5.74) is 6.64. The van der Waals surface area contributed by atoms with E-state index < -0.39 is 11.9 Å². The second kappa shape index (κ2) is 11.4. The normalized spacial score (nSPS) is 14.5. The molecule has 5 rings (SSSR count). The van der Waals surface area contributed by atoms with Crippen molar-refractivity contribution in [2.75, 3.05) is 6.54 Å². The summed E-state index contributed by atoms with van der Waals surface area (Å²) in [6, 6.07) is 26.0. The number of aromatic nitrogens is 2. The number of allylic oxidation sites excluding steroid dienone is 1. The van der Waals surface area contributed by atoms with E-state index in [0.29, 0.717) is 18.9 Å². The number of aliphatic hydroxyl groups excluding tert-OH is 1. The van der Waals surface area contributed by atoms with Gasteiger partial charge in [0.2, 0.25) is 0 Å². The first-order valence-corrected chi connectivity index (χ1v) is 13.0. The van der Waals surface area contributed by atoms with E-state index in [1.807, 2.05) is 61.5 Å². The highest BCUT2D eigenvalue weighted by molar-refractivity contribution is 5.85. The maximum Gasteiger partial charge on any atom is 0.439 e. The Hall–Kier alpha value is -4.23. The number of benzene rings is 3. The first-order valence-electron chi connectivity index (χ1n) is 13.0. The molecule has 4 aromatic rings. The molecule has 2 N–H and O–H groups in total. The van der Waals surface area contributed by atoms with Gasteiger partial charge in [0, 0.05) is 36.3 Å². The van der Waals surface area contributed by atoms with Crippen LogP contribution in [0, 0.1) is 0 Å². The Morgan fingerprint density at radius 1 is 1.00 bits per heavy atom. The van der Waals surface area contributed by atoms with Crippen molar-refractivity contribution >= 4 is 5.84 Å². The average molecular weight is 509 g/mol. The minimum absolute atomic E-state index is 0.409. The Morgan fingerprint density at radius 3 is 2.39 bits per heavy atom. The molecule has 1 aliphatic rings. The molecule has 0 saturated heterocycles. The van der Waals surface area contributed by atoms with E-state index >= 15 is 0 Å². The van der Waals surface area contributed by atoms with Gasteiger partial charge >= 0.3 is 5.76 Å². The van der Waals surface area contributed by atoms with Crippen LogP contribution in [0.25, 0.3) is 22.5 Å². The largest absolute Gasteiger partial charge is 0.439 e. The number of rotatable bonds is 9. The van der Waals surface area contributed by atoms with Crippen LogP contribution in [0.2, 0.25) is 0 Å². The first-order chi connectivity index (χ1) is 18.5. The average Bonchev–Trinajstić information content (AvgIpc) is 3.39. The van der Waals surface area contributed by atoms with Gasteiger partial charge in [0.1, 0.15) is 11.9 Å². The van der Waals surface area contributed by atoms with Gasteiger partial charge < -0.3 is 10.0 Å². The van der Waals surface area contributed by atoms with Gasteiger partial charge in [-0.1, -0.05) is 97.4 Å². The molecule has 38 heavy (non-hydrogen) atoms. The third-order valence-electron chi connectivity index (χ3n) is 6.95. The lowest BCUT2D eigenvalue weighted by molar-refractivity contribution is 0.201. The number of hydrogen-bond acceptors (Lipinski definition) is 6. The molecule has 3 aromatic carbocycles. The van der Waals surface area contributed by atoms with E-state index in [4.69, 9.17) is 9.52 Å². The molecular formula is C31H32N4O3. The van der Waals surface area contributed by atoms with E-state index in [0.717, 1.165) is 64.2 Å². The summed E-state index contributed by atoms with van der Waals surface area (Å²) in [7, 11) is 0. The summed E-state index contributed by atoms with van der Waals surface area (Å²) in [5, 5.41) is 15.0. The fourth-order valence-corrected chi connectivity index (χ4v) is 4.86. The molecule has 0 amide bonds. The third kappa shape index (κ3) is 5.53. The molecule has 0 bridgehead atoms. The van der Waals surface area contributed by atoms with Gasteiger partial charge in [0.15, 0.2) is 5.82 Å². The number of amidine groups is 1. The van der Waals surface area contributed by atoms with E-state index in [1.165, 1.54) is 0 Å². The maximum atomic E-state index is 11.5. The fourth-order valence-electron chi connectivity index (χ4n) is 4.86. The Bertz CT molecular complexity index is 1500. The number of nitrogens with zero attached hydrogens (tertiary/aromatic N) is 3. The van der Waals surface area contributed by atoms with Crippen LogP contribution in [-0.4, -0.2) is 32.5 Å². The zero-order valence-corrected chi connectivity index (χ0v) is 21.7. The quantitative estimate of drug-likeness (QED) is 0.284. The third-order valence-corrected chi connectivity index (χ3v) is 6.95. The molecule has 0 aliphatic carbocycles. The monoisotopic (exact) mass is 508 g/mol. The van der Waals surface area contributed by atoms with Gasteiger partial charge in [-0.3, -0.25) is 9.51 Å². The molecule has 2 heterocycles. The first kappa shape index (κ1) is 25.4. The molecule has 194 valence electrons. The minimum atomic E-state index is -0.683. The van der Waals surface area contributed by atoms with Crippen molar-refractivity contribution in [3.8, 4) is 22.5 Å². The zero-order valence-electron chi connectivity index (χ0n) is 21.7. The number of H-pyrrole nitrogens is 1. The van der Waals surface area contributed by atoms with Gasteiger partial charge in [-0.15, -0.1) is 0 Å². The highest BCUT2D eigenvalue weighted by Gasteiger charge is 2.25. The lowest BCUT2D eigenvalue weighted by atomic mass is 9.97. The highest BCUT2D eigenvalue weighted by atomic mass is 16.5. The van der Waals surface area contributed by atoms with Crippen molar-refractivity contribution in [3.05, 3.63) is 112 Å². The summed E-state index contributed by atoms with van der Waals surface area (Å²) in [4.78, 5) is 21.4. The predicted octanol–water partition coefficient (Wildman–Crippen LogP) is 6.11. The molecule has 0 fully saturated rings. The van der Waals surface area contributed by atoms with Crippen molar-refractivity contribution in [3.63, 3.8) is 0 Å². The molecule has 7 nitrogen and oxygen atoms in total. The van der Waals surface area contributed by atoms with Gasteiger partial charge in [-0.2, -0.15) is 0 Å². The summed E-state index contributed by atoms with van der Waals surface area (Å²) < 4.78 is 4.71.